The van der Waals surface area contributed by atoms with Crippen LogP contribution in [0.15, 0.2) is 54.9 Å². The molecule has 1 fully saturated rings. The van der Waals surface area contributed by atoms with Crippen LogP contribution >= 0.6 is 0 Å². The maximum Gasteiger partial charge on any atom is 0.220 e. The predicted octanol–water partition coefficient (Wildman–Crippen LogP) is 2.54. The molecule has 6 heteroatoms. The van der Waals surface area contributed by atoms with E-state index in [2.05, 4.69) is 39.2 Å². The van der Waals surface area contributed by atoms with Gasteiger partial charge in [-0.1, -0.05) is 37.3 Å². The Kier molecular flexibility index (Phi) is 7.90. The molecule has 1 aromatic carbocycles. The Hall–Kier alpha value is -2.57. The molecule has 1 aromatic heterocycles. The minimum Gasteiger partial charge on any atom is -0.354 e. The third-order valence-corrected chi connectivity index (χ3v) is 5.53. The van der Waals surface area contributed by atoms with Crippen molar-refractivity contribution in [2.45, 2.75) is 25.8 Å². The summed E-state index contributed by atoms with van der Waals surface area (Å²) in [6.45, 7) is 7.89. The van der Waals surface area contributed by atoms with Crippen LogP contribution in [0.2, 0.25) is 0 Å². The number of piperazine rings is 1. The number of nitrogens with one attached hydrogen (secondary N) is 1. The summed E-state index contributed by atoms with van der Waals surface area (Å²) >= 11 is 0. The third kappa shape index (κ3) is 6.21. The van der Waals surface area contributed by atoms with E-state index >= 15 is 0 Å². The maximum atomic E-state index is 12.4. The highest BCUT2D eigenvalue weighted by molar-refractivity contribution is 5.97. The van der Waals surface area contributed by atoms with Gasteiger partial charge in [0, 0.05) is 63.5 Å². The monoisotopic (exact) mass is 394 g/mol. The van der Waals surface area contributed by atoms with Crippen LogP contribution in [0.5, 0.6) is 0 Å². The molecule has 3 rings (SSSR count). The zero-order valence-corrected chi connectivity index (χ0v) is 17.1. The van der Waals surface area contributed by atoms with Gasteiger partial charge < -0.3 is 10.2 Å². The first kappa shape index (κ1) is 21.1. The molecule has 1 aliphatic heterocycles. The molecule has 0 saturated carbocycles. The van der Waals surface area contributed by atoms with Gasteiger partial charge >= 0.3 is 0 Å². The zero-order valence-electron chi connectivity index (χ0n) is 17.1. The van der Waals surface area contributed by atoms with Crippen molar-refractivity contribution in [3.8, 4) is 0 Å². The van der Waals surface area contributed by atoms with Crippen LogP contribution in [-0.2, 0) is 4.79 Å². The van der Waals surface area contributed by atoms with E-state index in [1.54, 1.807) is 24.5 Å². The number of hydrogen-bond acceptors (Lipinski definition) is 5. The van der Waals surface area contributed by atoms with E-state index in [-0.39, 0.29) is 30.6 Å². The van der Waals surface area contributed by atoms with Gasteiger partial charge in [0.1, 0.15) is 0 Å². The first-order chi connectivity index (χ1) is 14.2. The Labute approximate surface area is 172 Å². The van der Waals surface area contributed by atoms with Crippen molar-refractivity contribution in [1.29, 1.82) is 0 Å². The normalized spacial score (nSPS) is 16.3. The fraction of sp³-hybridized carbons (Fsp3) is 0.435. The number of aromatic nitrogens is 1. The number of ketones is 1. The van der Waals surface area contributed by atoms with Gasteiger partial charge in [0.25, 0.3) is 0 Å². The van der Waals surface area contributed by atoms with Crippen molar-refractivity contribution in [3.05, 3.63) is 66.0 Å². The summed E-state index contributed by atoms with van der Waals surface area (Å²) in [5.41, 5.74) is 1.76. The van der Waals surface area contributed by atoms with E-state index in [0.29, 0.717) is 12.1 Å². The smallest absolute Gasteiger partial charge is 0.220 e. The van der Waals surface area contributed by atoms with Crippen LogP contribution in [0.3, 0.4) is 0 Å². The molecule has 1 amide bonds. The summed E-state index contributed by atoms with van der Waals surface area (Å²) in [6, 6.07) is 13.9. The Balaban J connectivity index is 1.54. The number of carbonyl (C=O) groups excluding carboxylic acids is 2. The number of benzene rings is 1. The highest BCUT2D eigenvalue weighted by atomic mass is 16.2. The molecule has 1 atom stereocenters. The summed E-state index contributed by atoms with van der Waals surface area (Å²) in [5, 5.41) is 3.05. The SMILES string of the molecule is CCN1CCN(C(CNC(=O)CCC(=O)c2cccnc2)c2ccccc2)CC1. The lowest BCUT2D eigenvalue weighted by Crippen LogP contribution is -2.49. The van der Waals surface area contributed by atoms with Gasteiger partial charge in [-0.2, -0.15) is 0 Å². The molecular formula is C23H30N4O2. The number of pyridine rings is 1. The zero-order chi connectivity index (χ0) is 20.5. The van der Waals surface area contributed by atoms with Gasteiger partial charge in [-0.05, 0) is 24.2 Å². The number of rotatable bonds is 9. The van der Waals surface area contributed by atoms with Crippen molar-refractivity contribution in [1.82, 2.24) is 20.1 Å². The molecular weight excluding hydrogens is 364 g/mol. The molecule has 0 radical (unpaired) electrons. The van der Waals surface area contributed by atoms with Crippen LogP contribution in [0, 0.1) is 0 Å². The highest BCUT2D eigenvalue weighted by Gasteiger charge is 2.25. The van der Waals surface area contributed by atoms with Gasteiger partial charge in [0.05, 0.1) is 6.04 Å². The van der Waals surface area contributed by atoms with Crippen molar-refractivity contribution < 1.29 is 9.59 Å². The summed E-state index contributed by atoms with van der Waals surface area (Å²) in [7, 11) is 0. The first-order valence-electron chi connectivity index (χ1n) is 10.4. The average molecular weight is 395 g/mol. The first-order valence-corrected chi connectivity index (χ1v) is 10.4. The minimum absolute atomic E-state index is 0.0523. The minimum atomic E-state index is -0.0876. The number of nitrogens with zero attached hydrogens (tertiary/aromatic N) is 3. The molecule has 154 valence electrons. The lowest BCUT2D eigenvalue weighted by Gasteiger charge is -2.39. The summed E-state index contributed by atoms with van der Waals surface area (Å²) < 4.78 is 0. The summed E-state index contributed by atoms with van der Waals surface area (Å²) in [5.74, 6) is -0.140. The van der Waals surface area contributed by atoms with Gasteiger partial charge in [-0.3, -0.25) is 19.5 Å². The molecule has 0 spiro atoms. The Morgan fingerprint density at radius 1 is 1.03 bits per heavy atom. The molecule has 1 aliphatic rings. The number of carbonyl (C=O) groups is 2. The van der Waals surface area contributed by atoms with Crippen molar-refractivity contribution in [2.24, 2.45) is 0 Å². The van der Waals surface area contributed by atoms with Gasteiger partial charge in [-0.15, -0.1) is 0 Å². The standard InChI is InChI=1S/C23H30N4O2/c1-2-26-13-15-27(16-14-26)21(19-7-4-3-5-8-19)18-25-23(29)11-10-22(28)20-9-6-12-24-17-20/h3-9,12,17,21H,2,10-11,13-16,18H2,1H3,(H,25,29). The quantitative estimate of drug-likeness (QED) is 0.662. The van der Waals surface area contributed by atoms with Gasteiger partial charge in [0.2, 0.25) is 5.91 Å². The van der Waals surface area contributed by atoms with Crippen LogP contribution in [0.25, 0.3) is 0 Å². The molecule has 0 bridgehead atoms. The van der Waals surface area contributed by atoms with E-state index < -0.39 is 0 Å². The Morgan fingerprint density at radius 2 is 1.79 bits per heavy atom. The largest absolute Gasteiger partial charge is 0.354 e. The number of amides is 1. The molecule has 1 saturated heterocycles. The van der Waals surface area contributed by atoms with Crippen LogP contribution in [0.1, 0.15) is 41.7 Å². The Morgan fingerprint density at radius 3 is 2.45 bits per heavy atom. The molecule has 29 heavy (non-hydrogen) atoms. The molecule has 1 N–H and O–H groups in total. The second-order valence-corrected chi connectivity index (χ2v) is 7.37. The summed E-state index contributed by atoms with van der Waals surface area (Å²) in [4.78, 5) is 33.4. The van der Waals surface area contributed by atoms with E-state index in [1.165, 1.54) is 5.56 Å². The lowest BCUT2D eigenvalue weighted by atomic mass is 10.0. The molecule has 6 nitrogen and oxygen atoms in total. The number of Topliss-reactive ketones (excluding diaryl/α,β-unsaturated/α-hetero) is 1. The topological polar surface area (TPSA) is 65.5 Å². The fourth-order valence-corrected chi connectivity index (χ4v) is 3.72. The lowest BCUT2D eigenvalue weighted by molar-refractivity contribution is -0.121. The third-order valence-electron chi connectivity index (χ3n) is 5.53. The number of hydrogen-bond donors (Lipinski definition) is 1. The highest BCUT2D eigenvalue weighted by Crippen LogP contribution is 2.21. The van der Waals surface area contributed by atoms with Crippen molar-refractivity contribution in [3.63, 3.8) is 0 Å². The van der Waals surface area contributed by atoms with E-state index in [1.807, 2.05) is 18.2 Å². The molecule has 0 aliphatic carbocycles. The van der Waals surface area contributed by atoms with Crippen LogP contribution in [-0.4, -0.2) is 65.7 Å². The second kappa shape index (κ2) is 10.8. The van der Waals surface area contributed by atoms with E-state index in [4.69, 9.17) is 0 Å². The van der Waals surface area contributed by atoms with Crippen LogP contribution < -0.4 is 5.32 Å². The van der Waals surface area contributed by atoms with Crippen molar-refractivity contribution >= 4 is 11.7 Å². The molecule has 2 heterocycles. The van der Waals surface area contributed by atoms with Crippen molar-refractivity contribution in [2.75, 3.05) is 39.3 Å². The summed E-state index contributed by atoms with van der Waals surface area (Å²) in [6.07, 6.45) is 3.57. The van der Waals surface area contributed by atoms with E-state index in [9.17, 15) is 9.59 Å². The van der Waals surface area contributed by atoms with Gasteiger partial charge in [0.15, 0.2) is 5.78 Å². The Bertz CT molecular complexity index is 774. The van der Waals surface area contributed by atoms with Crippen LogP contribution in [0.4, 0.5) is 0 Å². The maximum absolute atomic E-state index is 12.4. The molecule has 1 unspecified atom stereocenters. The fourth-order valence-electron chi connectivity index (χ4n) is 3.72. The second-order valence-electron chi connectivity index (χ2n) is 7.37. The molecule has 2 aromatic rings. The average Bonchev–Trinajstić information content (AvgIpc) is 2.79. The number of likely N-dealkylation sites (N-methyl/N-ethyl adjacent to an activating group) is 1. The van der Waals surface area contributed by atoms with E-state index in [0.717, 1.165) is 32.7 Å². The predicted molar refractivity (Wildman–Crippen MR) is 114 cm³/mol. The van der Waals surface area contributed by atoms with Gasteiger partial charge in [-0.25, -0.2) is 0 Å².